The lowest BCUT2D eigenvalue weighted by atomic mass is 10.2. The fourth-order valence-electron chi connectivity index (χ4n) is 2.11. The van der Waals surface area contributed by atoms with Gasteiger partial charge in [-0.15, -0.1) is 0 Å². The summed E-state index contributed by atoms with van der Waals surface area (Å²) < 4.78 is 6.99. The number of hydrogen-bond acceptors (Lipinski definition) is 6. The van der Waals surface area contributed by atoms with E-state index >= 15 is 0 Å². The molecule has 0 saturated carbocycles. The number of carbonyl (C=O) groups is 1. The highest BCUT2D eigenvalue weighted by atomic mass is 35.5. The third kappa shape index (κ3) is 2.87. The Hall–Kier alpha value is -2.22. The lowest BCUT2D eigenvalue weighted by Crippen LogP contribution is -2.35. The number of amides is 1. The Morgan fingerprint density at radius 1 is 1.32 bits per heavy atom. The summed E-state index contributed by atoms with van der Waals surface area (Å²) in [5, 5.41) is 4.26. The molecular weight excluding hydrogens is 308 g/mol. The third-order valence-electron chi connectivity index (χ3n) is 2.98. The van der Waals surface area contributed by atoms with Gasteiger partial charge in [-0.3, -0.25) is 4.90 Å². The molecule has 3 rings (SSSR count). The van der Waals surface area contributed by atoms with Gasteiger partial charge in [0.05, 0.1) is 13.1 Å². The van der Waals surface area contributed by atoms with Crippen molar-refractivity contribution in [2.75, 3.05) is 0 Å². The van der Waals surface area contributed by atoms with E-state index in [4.69, 9.17) is 16.3 Å². The van der Waals surface area contributed by atoms with E-state index in [0.29, 0.717) is 18.2 Å². The lowest BCUT2D eigenvalue weighted by Gasteiger charge is -2.26. The number of aromatic nitrogens is 5. The zero-order chi connectivity index (χ0) is 15.9. The maximum Gasteiger partial charge on any atom is 0.411 e. The molecule has 0 unspecified atom stereocenters. The van der Waals surface area contributed by atoms with Crippen LogP contribution >= 0.6 is 11.6 Å². The number of halogens is 1. The summed E-state index contributed by atoms with van der Waals surface area (Å²) in [5.41, 5.74) is 0.149. The van der Waals surface area contributed by atoms with Gasteiger partial charge < -0.3 is 4.74 Å². The van der Waals surface area contributed by atoms with Crippen LogP contribution in [0.1, 0.15) is 32.2 Å². The molecule has 0 aromatic carbocycles. The molecule has 0 radical (unpaired) electrons. The molecule has 0 bridgehead atoms. The van der Waals surface area contributed by atoms with E-state index in [1.807, 2.05) is 20.8 Å². The van der Waals surface area contributed by atoms with E-state index in [9.17, 15) is 4.79 Å². The van der Waals surface area contributed by atoms with Crippen LogP contribution in [0.4, 0.5) is 4.79 Å². The summed E-state index contributed by atoms with van der Waals surface area (Å²) >= 11 is 5.86. The van der Waals surface area contributed by atoms with Crippen molar-refractivity contribution in [3.63, 3.8) is 0 Å². The number of hydrogen-bond donors (Lipinski definition) is 0. The highest BCUT2D eigenvalue weighted by Crippen LogP contribution is 2.23. The van der Waals surface area contributed by atoms with E-state index in [1.54, 1.807) is 10.9 Å². The normalized spacial score (nSPS) is 14.1. The zero-order valence-electron chi connectivity index (χ0n) is 12.4. The molecule has 0 aliphatic carbocycles. The average molecular weight is 323 g/mol. The van der Waals surface area contributed by atoms with Gasteiger partial charge in [0.1, 0.15) is 11.9 Å². The van der Waals surface area contributed by atoms with E-state index < -0.39 is 11.7 Å². The first kappa shape index (κ1) is 14.7. The Labute approximate surface area is 132 Å². The van der Waals surface area contributed by atoms with Crippen LogP contribution in [0, 0.1) is 0 Å². The van der Waals surface area contributed by atoms with Crippen LogP contribution < -0.4 is 0 Å². The number of carbonyl (C=O) groups excluding carboxylic acids is 1. The SMILES string of the molecule is CC(C)(C)OC(=O)N1Cc2cnc(Cl)nc2-n2ncnc2C1. The molecule has 116 valence electrons. The molecule has 0 saturated heterocycles. The first-order chi connectivity index (χ1) is 10.3. The topological polar surface area (TPSA) is 86.0 Å². The lowest BCUT2D eigenvalue weighted by molar-refractivity contribution is 0.0214. The highest BCUT2D eigenvalue weighted by molar-refractivity contribution is 6.28. The van der Waals surface area contributed by atoms with Crippen molar-refractivity contribution >= 4 is 17.7 Å². The molecule has 0 atom stereocenters. The molecule has 1 aliphatic rings. The predicted molar refractivity (Wildman–Crippen MR) is 77.4 cm³/mol. The largest absolute Gasteiger partial charge is 0.444 e. The summed E-state index contributed by atoms with van der Waals surface area (Å²) in [6.45, 7) is 6.03. The van der Waals surface area contributed by atoms with Crippen LogP contribution in [0.5, 0.6) is 0 Å². The van der Waals surface area contributed by atoms with Crippen LogP contribution in [0.25, 0.3) is 5.82 Å². The monoisotopic (exact) mass is 322 g/mol. The smallest absolute Gasteiger partial charge is 0.411 e. The number of fused-ring (bicyclic) bond motifs is 3. The molecule has 9 heteroatoms. The van der Waals surface area contributed by atoms with Gasteiger partial charge in [0.2, 0.25) is 5.28 Å². The van der Waals surface area contributed by atoms with Crippen LogP contribution in [0.15, 0.2) is 12.5 Å². The average Bonchev–Trinajstić information content (AvgIpc) is 2.80. The zero-order valence-corrected chi connectivity index (χ0v) is 13.2. The first-order valence-corrected chi connectivity index (χ1v) is 7.10. The summed E-state index contributed by atoms with van der Waals surface area (Å²) in [7, 11) is 0. The van der Waals surface area contributed by atoms with E-state index in [0.717, 1.165) is 5.56 Å². The Balaban J connectivity index is 1.99. The van der Waals surface area contributed by atoms with Gasteiger partial charge in [-0.05, 0) is 32.4 Å². The molecule has 1 aliphatic heterocycles. The van der Waals surface area contributed by atoms with Crippen molar-refractivity contribution in [3.05, 3.63) is 29.2 Å². The Morgan fingerprint density at radius 2 is 2.09 bits per heavy atom. The minimum Gasteiger partial charge on any atom is -0.444 e. The van der Waals surface area contributed by atoms with Gasteiger partial charge in [-0.2, -0.15) is 14.8 Å². The van der Waals surface area contributed by atoms with Gasteiger partial charge in [-0.1, -0.05) is 0 Å². The first-order valence-electron chi connectivity index (χ1n) is 6.72. The molecule has 0 spiro atoms. The van der Waals surface area contributed by atoms with Crippen molar-refractivity contribution in [2.24, 2.45) is 0 Å². The van der Waals surface area contributed by atoms with Gasteiger partial charge in [0.15, 0.2) is 11.6 Å². The summed E-state index contributed by atoms with van der Waals surface area (Å²) in [6, 6.07) is 0. The number of nitrogens with zero attached hydrogens (tertiary/aromatic N) is 6. The fraction of sp³-hybridized carbons (Fsp3) is 0.462. The molecule has 8 nitrogen and oxygen atoms in total. The molecule has 22 heavy (non-hydrogen) atoms. The van der Waals surface area contributed by atoms with Gasteiger partial charge >= 0.3 is 6.09 Å². The second-order valence-electron chi connectivity index (χ2n) is 5.91. The molecule has 0 N–H and O–H groups in total. The quantitative estimate of drug-likeness (QED) is 0.689. The van der Waals surface area contributed by atoms with Crippen molar-refractivity contribution in [2.45, 2.75) is 39.5 Å². The van der Waals surface area contributed by atoms with Crippen LogP contribution in [0.2, 0.25) is 5.28 Å². The van der Waals surface area contributed by atoms with Crippen LogP contribution in [-0.4, -0.2) is 41.3 Å². The molecule has 2 aromatic heterocycles. The second kappa shape index (κ2) is 5.20. The standard InChI is InChI=1S/C13H15ClN6O2/c1-13(2,3)22-12(21)19-5-8-4-15-11(14)18-10(8)20-9(6-19)16-7-17-20/h4,7H,5-6H2,1-3H3. The maximum absolute atomic E-state index is 12.4. The molecular formula is C13H15ClN6O2. The maximum atomic E-state index is 12.4. The molecule has 1 amide bonds. The fourth-order valence-corrected chi connectivity index (χ4v) is 2.24. The Kier molecular flexibility index (Phi) is 3.48. The third-order valence-corrected chi connectivity index (χ3v) is 3.16. The molecule has 0 fully saturated rings. The molecule has 2 aromatic rings. The van der Waals surface area contributed by atoms with Crippen molar-refractivity contribution in [3.8, 4) is 5.82 Å². The van der Waals surface area contributed by atoms with E-state index in [-0.39, 0.29) is 11.8 Å². The number of ether oxygens (including phenoxy) is 1. The number of rotatable bonds is 0. The Morgan fingerprint density at radius 3 is 2.82 bits per heavy atom. The van der Waals surface area contributed by atoms with E-state index in [1.165, 1.54) is 11.2 Å². The van der Waals surface area contributed by atoms with Crippen LogP contribution in [0.3, 0.4) is 0 Å². The minimum absolute atomic E-state index is 0.117. The Bertz CT molecular complexity index is 724. The predicted octanol–water partition coefficient (Wildman–Crippen LogP) is 1.96. The minimum atomic E-state index is -0.573. The van der Waals surface area contributed by atoms with Crippen molar-refractivity contribution in [1.29, 1.82) is 0 Å². The van der Waals surface area contributed by atoms with E-state index in [2.05, 4.69) is 20.1 Å². The summed E-state index contributed by atoms with van der Waals surface area (Å²) in [4.78, 5) is 26.2. The second-order valence-corrected chi connectivity index (χ2v) is 6.25. The van der Waals surface area contributed by atoms with Crippen molar-refractivity contribution in [1.82, 2.24) is 29.6 Å². The van der Waals surface area contributed by atoms with Gasteiger partial charge in [0, 0.05) is 11.8 Å². The van der Waals surface area contributed by atoms with Gasteiger partial charge in [-0.25, -0.2) is 14.8 Å². The van der Waals surface area contributed by atoms with Crippen molar-refractivity contribution < 1.29 is 9.53 Å². The van der Waals surface area contributed by atoms with Crippen LogP contribution in [-0.2, 0) is 17.8 Å². The van der Waals surface area contributed by atoms with Gasteiger partial charge in [0.25, 0.3) is 0 Å². The summed E-state index contributed by atoms with van der Waals surface area (Å²) in [5.74, 6) is 1.11. The summed E-state index contributed by atoms with van der Waals surface area (Å²) in [6.07, 6.45) is 2.57. The molecule has 3 heterocycles. The highest BCUT2D eigenvalue weighted by Gasteiger charge is 2.28.